The van der Waals surface area contributed by atoms with Gasteiger partial charge in [-0.05, 0) is 24.3 Å². The molecule has 2 heterocycles. The Kier molecular flexibility index (Phi) is 4.06. The zero-order valence-corrected chi connectivity index (χ0v) is 13.1. The number of benzene rings is 1. The van der Waals surface area contributed by atoms with Crippen LogP contribution in [0.2, 0.25) is 5.15 Å². The van der Waals surface area contributed by atoms with E-state index in [9.17, 15) is 15.2 Å². The maximum atomic E-state index is 12.1. The Labute approximate surface area is 139 Å². The Morgan fingerprint density at radius 2 is 2.04 bits per heavy atom. The Bertz CT molecular complexity index is 1040. The molecule has 0 radical (unpaired) electrons. The standard InChI is InChI=1S/C16H8ClN3O2S/c17-14-10(5-3-7-19-14)13(21)11(8-18)16-20-15(22)9-4-1-2-6-12(9)23-16/h1-7,21H. The van der Waals surface area contributed by atoms with E-state index in [0.717, 1.165) is 11.3 Å². The summed E-state index contributed by atoms with van der Waals surface area (Å²) in [5.41, 5.74) is -0.361. The van der Waals surface area contributed by atoms with Gasteiger partial charge in [0.05, 0.1) is 10.9 Å². The second-order valence-electron chi connectivity index (χ2n) is 4.50. The smallest absolute Gasteiger partial charge is 0.279 e. The average Bonchev–Trinajstić information content (AvgIpc) is 2.56. The largest absolute Gasteiger partial charge is 0.506 e. The molecule has 5 nitrogen and oxygen atoms in total. The number of aliphatic hydroxyl groups excluding tert-OH is 1. The van der Waals surface area contributed by atoms with Crippen LogP contribution < -0.4 is 5.56 Å². The van der Waals surface area contributed by atoms with Crippen molar-refractivity contribution in [1.29, 1.82) is 5.26 Å². The minimum Gasteiger partial charge on any atom is -0.506 e. The van der Waals surface area contributed by atoms with Crippen LogP contribution in [0.3, 0.4) is 0 Å². The molecule has 0 aliphatic heterocycles. The monoisotopic (exact) mass is 341 g/mol. The van der Waals surface area contributed by atoms with Crippen molar-refractivity contribution >= 4 is 44.4 Å². The van der Waals surface area contributed by atoms with Crippen molar-refractivity contribution in [1.82, 2.24) is 9.97 Å². The lowest BCUT2D eigenvalue weighted by molar-refractivity contribution is 0.514. The van der Waals surface area contributed by atoms with Crippen LogP contribution in [-0.2, 0) is 0 Å². The molecule has 0 aliphatic rings. The highest BCUT2D eigenvalue weighted by molar-refractivity contribution is 7.19. The van der Waals surface area contributed by atoms with Crippen molar-refractivity contribution in [2.45, 2.75) is 0 Å². The van der Waals surface area contributed by atoms with E-state index < -0.39 is 5.56 Å². The molecule has 1 N–H and O–H groups in total. The summed E-state index contributed by atoms with van der Waals surface area (Å²) in [6, 6.07) is 12.0. The number of hydrogen-bond donors (Lipinski definition) is 1. The number of allylic oxidation sites excluding steroid dienone is 1. The van der Waals surface area contributed by atoms with Crippen molar-refractivity contribution in [2.75, 3.05) is 0 Å². The first kappa shape index (κ1) is 15.2. The minimum atomic E-state index is -0.452. The molecule has 1 aromatic carbocycles. The van der Waals surface area contributed by atoms with E-state index in [1.165, 1.54) is 12.3 Å². The highest BCUT2D eigenvalue weighted by Gasteiger charge is 2.17. The number of halogens is 1. The van der Waals surface area contributed by atoms with E-state index >= 15 is 0 Å². The van der Waals surface area contributed by atoms with Crippen LogP contribution in [0.15, 0.2) is 47.4 Å². The number of rotatable bonds is 2. The molecule has 0 unspecified atom stereocenters. The fourth-order valence-corrected chi connectivity index (χ4v) is 3.22. The SMILES string of the molecule is N#CC(=C(O)c1cccnc1Cl)c1nc(=O)c2ccccc2s1. The van der Waals surface area contributed by atoms with E-state index in [0.29, 0.717) is 10.1 Å². The van der Waals surface area contributed by atoms with E-state index in [-0.39, 0.29) is 27.1 Å². The molecule has 0 aliphatic carbocycles. The number of fused-ring (bicyclic) bond motifs is 1. The third-order valence-electron chi connectivity index (χ3n) is 3.10. The first-order chi connectivity index (χ1) is 11.1. The third-order valence-corrected chi connectivity index (χ3v) is 4.47. The van der Waals surface area contributed by atoms with Crippen LogP contribution in [0.25, 0.3) is 21.4 Å². The zero-order valence-electron chi connectivity index (χ0n) is 11.5. The molecular formula is C16H8ClN3O2S. The van der Waals surface area contributed by atoms with Gasteiger partial charge in [0.25, 0.3) is 5.56 Å². The Balaban J connectivity index is 2.27. The second-order valence-corrected chi connectivity index (χ2v) is 5.89. The van der Waals surface area contributed by atoms with Crippen LogP contribution in [0.4, 0.5) is 0 Å². The number of pyridine rings is 1. The first-order valence-electron chi connectivity index (χ1n) is 6.46. The van der Waals surface area contributed by atoms with Crippen LogP contribution in [0.5, 0.6) is 0 Å². The van der Waals surface area contributed by atoms with Gasteiger partial charge in [-0.1, -0.05) is 23.7 Å². The average molecular weight is 342 g/mol. The molecule has 0 saturated heterocycles. The molecule has 0 amide bonds. The summed E-state index contributed by atoms with van der Waals surface area (Å²) >= 11 is 7.09. The summed E-state index contributed by atoms with van der Waals surface area (Å²) in [4.78, 5) is 19.9. The fraction of sp³-hybridized carbons (Fsp3) is 0. The quantitative estimate of drug-likeness (QED) is 0.436. The summed E-state index contributed by atoms with van der Waals surface area (Å²) in [7, 11) is 0. The van der Waals surface area contributed by atoms with Gasteiger partial charge in [0.2, 0.25) is 0 Å². The van der Waals surface area contributed by atoms with Gasteiger partial charge in [-0.15, -0.1) is 11.3 Å². The topological polar surface area (TPSA) is 86.9 Å². The summed E-state index contributed by atoms with van der Waals surface area (Å²) < 4.78 is 0.681. The second kappa shape index (κ2) is 6.16. The Morgan fingerprint density at radius 3 is 2.78 bits per heavy atom. The highest BCUT2D eigenvalue weighted by atomic mass is 35.5. The van der Waals surface area contributed by atoms with Crippen LogP contribution in [-0.4, -0.2) is 15.1 Å². The summed E-state index contributed by atoms with van der Waals surface area (Å²) in [5, 5.41) is 20.4. The molecular weight excluding hydrogens is 334 g/mol. The van der Waals surface area contributed by atoms with Crippen LogP contribution >= 0.6 is 22.9 Å². The maximum Gasteiger partial charge on any atom is 0.279 e. The van der Waals surface area contributed by atoms with Crippen molar-refractivity contribution in [3.05, 3.63) is 68.7 Å². The highest BCUT2D eigenvalue weighted by Crippen LogP contribution is 2.29. The lowest BCUT2D eigenvalue weighted by Gasteiger charge is -2.05. The predicted molar refractivity (Wildman–Crippen MR) is 90.2 cm³/mol. The molecule has 112 valence electrons. The van der Waals surface area contributed by atoms with Gasteiger partial charge in [-0.2, -0.15) is 10.2 Å². The maximum absolute atomic E-state index is 12.1. The number of hydrogen-bond acceptors (Lipinski definition) is 6. The van der Waals surface area contributed by atoms with Crippen molar-refractivity contribution in [2.24, 2.45) is 0 Å². The molecule has 0 atom stereocenters. The summed E-state index contributed by atoms with van der Waals surface area (Å²) in [6.07, 6.45) is 1.47. The summed E-state index contributed by atoms with van der Waals surface area (Å²) in [6.45, 7) is 0. The van der Waals surface area contributed by atoms with E-state index in [2.05, 4.69) is 9.97 Å². The number of nitrogens with zero attached hydrogens (tertiary/aromatic N) is 3. The molecule has 3 aromatic rings. The molecule has 7 heteroatoms. The third kappa shape index (κ3) is 2.80. The van der Waals surface area contributed by atoms with Gasteiger partial charge >= 0.3 is 0 Å². The zero-order chi connectivity index (χ0) is 16.4. The molecule has 3 rings (SSSR count). The molecule has 2 aromatic heterocycles. The van der Waals surface area contributed by atoms with E-state index in [4.69, 9.17) is 11.6 Å². The van der Waals surface area contributed by atoms with Gasteiger partial charge in [-0.3, -0.25) is 4.79 Å². The van der Waals surface area contributed by atoms with E-state index in [1.54, 1.807) is 30.3 Å². The Hall–Kier alpha value is -2.75. The molecule has 0 saturated carbocycles. The molecule has 0 bridgehead atoms. The van der Waals surface area contributed by atoms with Crippen molar-refractivity contribution in [3.8, 4) is 6.07 Å². The molecule has 0 spiro atoms. The van der Waals surface area contributed by atoms with E-state index in [1.807, 2.05) is 6.07 Å². The number of aliphatic hydroxyl groups is 1. The predicted octanol–water partition coefficient (Wildman–Crippen LogP) is 3.65. The lowest BCUT2D eigenvalue weighted by Crippen LogP contribution is -2.07. The van der Waals surface area contributed by atoms with Crippen LogP contribution in [0.1, 0.15) is 10.6 Å². The van der Waals surface area contributed by atoms with Gasteiger partial charge in [0, 0.05) is 10.9 Å². The molecule has 0 fully saturated rings. The van der Waals surface area contributed by atoms with Crippen molar-refractivity contribution < 1.29 is 5.11 Å². The van der Waals surface area contributed by atoms with Crippen LogP contribution in [0, 0.1) is 11.3 Å². The number of aromatic nitrogens is 2. The van der Waals surface area contributed by atoms with Crippen molar-refractivity contribution in [3.63, 3.8) is 0 Å². The fourth-order valence-electron chi connectivity index (χ4n) is 2.02. The first-order valence-corrected chi connectivity index (χ1v) is 7.65. The summed E-state index contributed by atoms with van der Waals surface area (Å²) in [5.74, 6) is -0.357. The normalized spacial score (nSPS) is 11.8. The van der Waals surface area contributed by atoms with Gasteiger partial charge in [0.1, 0.15) is 27.6 Å². The molecule has 23 heavy (non-hydrogen) atoms. The Morgan fingerprint density at radius 1 is 1.26 bits per heavy atom. The minimum absolute atomic E-state index is 0.0610. The lowest BCUT2D eigenvalue weighted by atomic mass is 10.1. The van der Waals surface area contributed by atoms with Gasteiger partial charge in [-0.25, -0.2) is 4.98 Å². The van der Waals surface area contributed by atoms with Gasteiger partial charge < -0.3 is 5.11 Å². The van der Waals surface area contributed by atoms with Gasteiger partial charge in [0.15, 0.2) is 0 Å². The number of nitriles is 1.